The zero-order valence-electron chi connectivity index (χ0n) is 12.5. The second-order valence-electron chi connectivity index (χ2n) is 5.12. The van der Waals surface area contributed by atoms with Gasteiger partial charge in [-0.25, -0.2) is 0 Å². The predicted octanol–water partition coefficient (Wildman–Crippen LogP) is 4.77. The fourth-order valence-corrected chi connectivity index (χ4v) is 2.65. The van der Waals surface area contributed by atoms with Crippen molar-refractivity contribution in [2.75, 3.05) is 5.32 Å². The molecule has 1 amide bonds. The Kier molecular flexibility index (Phi) is 8.54. The molecule has 21 heavy (non-hydrogen) atoms. The number of hydrogen-bond donors (Lipinski definition) is 2. The summed E-state index contributed by atoms with van der Waals surface area (Å²) in [4.78, 5) is 12.2. The number of anilines is 1. The lowest BCUT2D eigenvalue weighted by Crippen LogP contribution is -2.13. The number of nitrogens with one attached hydrogen (secondary N) is 1. The minimum Gasteiger partial charge on any atom is -0.389 e. The van der Waals surface area contributed by atoms with Gasteiger partial charge in [0.1, 0.15) is 4.99 Å². The van der Waals surface area contributed by atoms with E-state index < -0.39 is 0 Å². The second-order valence-corrected chi connectivity index (χ2v) is 6.42. The highest BCUT2D eigenvalue weighted by Crippen LogP contribution is 2.24. The van der Waals surface area contributed by atoms with Crippen LogP contribution in [0.25, 0.3) is 0 Å². The van der Waals surface area contributed by atoms with Crippen molar-refractivity contribution in [2.45, 2.75) is 51.9 Å². The molecule has 0 aromatic heterocycles. The van der Waals surface area contributed by atoms with Crippen LogP contribution in [0.15, 0.2) is 22.7 Å². The predicted molar refractivity (Wildman–Crippen MR) is 96.7 cm³/mol. The highest BCUT2D eigenvalue weighted by molar-refractivity contribution is 9.10. The van der Waals surface area contributed by atoms with Crippen molar-refractivity contribution in [3.05, 3.63) is 28.2 Å². The van der Waals surface area contributed by atoms with Gasteiger partial charge in [0, 0.05) is 16.5 Å². The molecular formula is C16H23BrN2OS. The van der Waals surface area contributed by atoms with Crippen LogP contribution < -0.4 is 11.1 Å². The third-order valence-electron chi connectivity index (χ3n) is 3.29. The molecule has 116 valence electrons. The fourth-order valence-electron chi connectivity index (χ4n) is 2.05. The second kappa shape index (κ2) is 9.90. The monoisotopic (exact) mass is 370 g/mol. The summed E-state index contributed by atoms with van der Waals surface area (Å²) in [5, 5.41) is 2.91. The first-order valence-electron chi connectivity index (χ1n) is 7.43. The Labute approximate surface area is 140 Å². The number of amides is 1. The summed E-state index contributed by atoms with van der Waals surface area (Å²) >= 11 is 8.35. The van der Waals surface area contributed by atoms with Crippen LogP contribution in [0, 0.1) is 0 Å². The fraction of sp³-hybridized carbons (Fsp3) is 0.500. The number of carbonyl (C=O) groups excluding carboxylic acids is 1. The van der Waals surface area contributed by atoms with E-state index in [9.17, 15) is 4.79 Å². The lowest BCUT2D eigenvalue weighted by Gasteiger charge is -2.09. The van der Waals surface area contributed by atoms with E-state index in [-0.39, 0.29) is 5.91 Å². The summed E-state index contributed by atoms with van der Waals surface area (Å²) in [6, 6.07) is 5.45. The van der Waals surface area contributed by atoms with Gasteiger partial charge in [-0.05, 0) is 40.5 Å². The molecule has 0 aliphatic carbocycles. The largest absolute Gasteiger partial charge is 0.389 e. The maximum absolute atomic E-state index is 11.9. The van der Waals surface area contributed by atoms with E-state index in [2.05, 4.69) is 28.2 Å². The Hall–Kier alpha value is -0.940. The molecule has 1 aromatic rings. The molecule has 0 saturated heterocycles. The number of carbonyl (C=O) groups is 1. The average Bonchev–Trinajstić information content (AvgIpc) is 2.44. The van der Waals surface area contributed by atoms with Crippen LogP contribution in [0.4, 0.5) is 5.69 Å². The molecule has 0 unspecified atom stereocenters. The van der Waals surface area contributed by atoms with E-state index in [1.807, 2.05) is 18.2 Å². The lowest BCUT2D eigenvalue weighted by atomic mass is 10.1. The van der Waals surface area contributed by atoms with Gasteiger partial charge in [-0.3, -0.25) is 4.79 Å². The first-order valence-corrected chi connectivity index (χ1v) is 8.64. The van der Waals surface area contributed by atoms with Crippen LogP contribution >= 0.6 is 28.1 Å². The van der Waals surface area contributed by atoms with Gasteiger partial charge in [0.25, 0.3) is 0 Å². The zero-order valence-corrected chi connectivity index (χ0v) is 14.9. The highest BCUT2D eigenvalue weighted by atomic mass is 79.9. The van der Waals surface area contributed by atoms with E-state index in [1.54, 1.807) is 0 Å². The van der Waals surface area contributed by atoms with E-state index in [0.29, 0.717) is 11.4 Å². The van der Waals surface area contributed by atoms with Crippen LogP contribution in [-0.4, -0.2) is 10.9 Å². The molecule has 1 rings (SSSR count). The third kappa shape index (κ3) is 7.05. The Morgan fingerprint density at radius 2 is 1.90 bits per heavy atom. The molecule has 3 nitrogen and oxygen atoms in total. The van der Waals surface area contributed by atoms with Crippen molar-refractivity contribution < 1.29 is 4.79 Å². The van der Waals surface area contributed by atoms with Crippen LogP contribution in [0.2, 0.25) is 0 Å². The molecule has 5 heteroatoms. The summed E-state index contributed by atoms with van der Waals surface area (Å²) in [7, 11) is 0. The topological polar surface area (TPSA) is 55.1 Å². The quantitative estimate of drug-likeness (QED) is 0.486. The van der Waals surface area contributed by atoms with Gasteiger partial charge in [-0.15, -0.1) is 0 Å². The molecule has 0 saturated carbocycles. The molecule has 3 N–H and O–H groups in total. The Balaban J connectivity index is 2.36. The normalized spacial score (nSPS) is 10.4. The SMILES string of the molecule is CCCCCCCCC(=O)Nc1ccc(C(N)=S)cc1Br. The summed E-state index contributed by atoms with van der Waals surface area (Å²) in [5.41, 5.74) is 7.11. The van der Waals surface area contributed by atoms with Gasteiger partial charge in [0.15, 0.2) is 0 Å². The number of nitrogens with two attached hydrogens (primary N) is 1. The minimum absolute atomic E-state index is 0.0502. The van der Waals surface area contributed by atoms with Crippen molar-refractivity contribution in [1.82, 2.24) is 0 Å². The molecule has 0 heterocycles. The standard InChI is InChI=1S/C16H23BrN2OS/c1-2-3-4-5-6-7-8-15(20)19-14-10-9-12(16(18)21)11-13(14)17/h9-11H,2-8H2,1H3,(H2,18,21)(H,19,20). The van der Waals surface area contributed by atoms with Crippen molar-refractivity contribution in [1.29, 1.82) is 0 Å². The number of halogens is 1. The van der Waals surface area contributed by atoms with Gasteiger partial charge in [0.2, 0.25) is 5.91 Å². The van der Waals surface area contributed by atoms with Crippen LogP contribution in [-0.2, 0) is 4.79 Å². The van der Waals surface area contributed by atoms with Crippen LogP contribution in [0.1, 0.15) is 57.4 Å². The van der Waals surface area contributed by atoms with Crippen molar-refractivity contribution in [3.8, 4) is 0 Å². The van der Waals surface area contributed by atoms with Crippen LogP contribution in [0.5, 0.6) is 0 Å². The number of rotatable bonds is 9. The van der Waals surface area contributed by atoms with Gasteiger partial charge in [0.05, 0.1) is 5.69 Å². The molecule has 0 bridgehead atoms. The smallest absolute Gasteiger partial charge is 0.224 e. The number of thiocarbonyl (C=S) groups is 1. The van der Waals surface area contributed by atoms with E-state index in [0.717, 1.165) is 28.6 Å². The molecular weight excluding hydrogens is 348 g/mol. The molecule has 0 atom stereocenters. The third-order valence-corrected chi connectivity index (χ3v) is 4.18. The van der Waals surface area contributed by atoms with Crippen molar-refractivity contribution in [3.63, 3.8) is 0 Å². The first kappa shape index (κ1) is 18.1. The average molecular weight is 371 g/mol. The summed E-state index contributed by atoms with van der Waals surface area (Å²) in [6.07, 6.45) is 7.64. The molecule has 1 aromatic carbocycles. The Morgan fingerprint density at radius 1 is 1.24 bits per heavy atom. The van der Waals surface area contributed by atoms with E-state index >= 15 is 0 Å². The lowest BCUT2D eigenvalue weighted by molar-refractivity contribution is -0.116. The minimum atomic E-state index is 0.0502. The van der Waals surface area contributed by atoms with Gasteiger partial charge >= 0.3 is 0 Å². The summed E-state index contributed by atoms with van der Waals surface area (Å²) in [6.45, 7) is 2.20. The number of unbranched alkanes of at least 4 members (excludes halogenated alkanes) is 5. The van der Waals surface area contributed by atoms with Crippen molar-refractivity contribution in [2.24, 2.45) is 5.73 Å². The van der Waals surface area contributed by atoms with Gasteiger partial charge in [-0.1, -0.05) is 51.2 Å². The Bertz CT molecular complexity index is 491. The highest BCUT2D eigenvalue weighted by Gasteiger charge is 2.07. The Morgan fingerprint density at radius 3 is 2.52 bits per heavy atom. The first-order chi connectivity index (χ1) is 10.0. The maximum atomic E-state index is 11.9. The van der Waals surface area contributed by atoms with E-state index in [1.165, 1.54) is 25.7 Å². The maximum Gasteiger partial charge on any atom is 0.224 e. The van der Waals surface area contributed by atoms with Crippen molar-refractivity contribution >= 4 is 44.7 Å². The summed E-state index contributed by atoms with van der Waals surface area (Å²) in [5.74, 6) is 0.0502. The molecule has 0 aliphatic heterocycles. The van der Waals surface area contributed by atoms with Gasteiger partial charge < -0.3 is 11.1 Å². The van der Waals surface area contributed by atoms with Gasteiger partial charge in [-0.2, -0.15) is 0 Å². The summed E-state index contributed by atoms with van der Waals surface area (Å²) < 4.78 is 0.795. The number of hydrogen-bond acceptors (Lipinski definition) is 2. The number of benzene rings is 1. The van der Waals surface area contributed by atoms with E-state index in [4.69, 9.17) is 18.0 Å². The van der Waals surface area contributed by atoms with Crippen LogP contribution in [0.3, 0.4) is 0 Å². The zero-order chi connectivity index (χ0) is 15.7. The molecule has 0 spiro atoms. The molecule has 0 radical (unpaired) electrons. The molecule has 0 aliphatic rings. The molecule has 0 fully saturated rings.